The van der Waals surface area contributed by atoms with Gasteiger partial charge in [-0.3, -0.25) is 0 Å². The first-order chi connectivity index (χ1) is 13.3. The molecule has 0 saturated carbocycles. The molecule has 1 aromatic carbocycles. The summed E-state index contributed by atoms with van der Waals surface area (Å²) in [5.41, 5.74) is 1.78. The minimum absolute atomic E-state index is 0.134. The van der Waals surface area contributed by atoms with Crippen LogP contribution < -0.4 is 5.32 Å². The van der Waals surface area contributed by atoms with Crippen molar-refractivity contribution in [2.45, 2.75) is 19.1 Å². The maximum absolute atomic E-state index is 12.7. The van der Waals surface area contributed by atoms with E-state index in [2.05, 4.69) is 20.0 Å². The molecule has 11 heteroatoms. The van der Waals surface area contributed by atoms with Crippen LogP contribution in [0.1, 0.15) is 16.3 Å². The van der Waals surface area contributed by atoms with Crippen molar-refractivity contribution >= 4 is 34.7 Å². The molecular formula is C17H12ClF3N4O2S. The van der Waals surface area contributed by atoms with Gasteiger partial charge in [0.05, 0.1) is 0 Å². The number of benzene rings is 1. The topological polar surface area (TPSA) is 71.3 Å². The van der Waals surface area contributed by atoms with Crippen molar-refractivity contribution in [3.63, 3.8) is 0 Å². The molecule has 0 saturated heterocycles. The highest BCUT2D eigenvalue weighted by atomic mass is 35.5. The van der Waals surface area contributed by atoms with E-state index in [9.17, 15) is 18.0 Å². The summed E-state index contributed by atoms with van der Waals surface area (Å²) >= 11 is 7.24. The Bertz CT molecular complexity index is 1020. The standard InChI is InChI=1S/C17H12ClF3N4O2S/c18-9-1-3-10(4-2-9)22-16(26)25-6-5-13-11(7-25)12(8-28-13)14-23-15(27-24-14)17(19,20)21/h1-4,8H,5-7H2,(H,22,26). The predicted octanol–water partition coefficient (Wildman–Crippen LogP) is 5.06. The Kier molecular flexibility index (Phi) is 4.76. The van der Waals surface area contributed by atoms with Gasteiger partial charge in [0.1, 0.15) is 0 Å². The Morgan fingerprint density at radius 1 is 1.29 bits per heavy atom. The second-order valence-corrected chi connectivity index (χ2v) is 7.48. The molecule has 1 aliphatic rings. The maximum Gasteiger partial charge on any atom is 0.471 e. The van der Waals surface area contributed by atoms with Crippen molar-refractivity contribution in [3.8, 4) is 11.4 Å². The normalized spacial score (nSPS) is 14.1. The monoisotopic (exact) mass is 428 g/mol. The third kappa shape index (κ3) is 3.69. The molecule has 1 N–H and O–H groups in total. The largest absolute Gasteiger partial charge is 0.471 e. The Labute approximate surface area is 165 Å². The Morgan fingerprint density at radius 3 is 2.71 bits per heavy atom. The van der Waals surface area contributed by atoms with E-state index in [1.807, 2.05) is 0 Å². The Morgan fingerprint density at radius 2 is 2.04 bits per heavy atom. The molecule has 3 aromatic rings. The van der Waals surface area contributed by atoms with Crippen molar-refractivity contribution in [2.24, 2.45) is 0 Å². The van der Waals surface area contributed by atoms with Gasteiger partial charge < -0.3 is 14.7 Å². The highest BCUT2D eigenvalue weighted by Crippen LogP contribution is 2.36. The first kappa shape index (κ1) is 18.8. The third-order valence-corrected chi connectivity index (χ3v) is 5.57. The number of anilines is 1. The number of hydrogen-bond donors (Lipinski definition) is 1. The highest BCUT2D eigenvalue weighted by Gasteiger charge is 2.39. The lowest BCUT2D eigenvalue weighted by molar-refractivity contribution is -0.159. The number of carbonyl (C=O) groups excluding carboxylic acids is 1. The first-order valence-electron chi connectivity index (χ1n) is 8.13. The van der Waals surface area contributed by atoms with Gasteiger partial charge in [-0.05, 0) is 36.2 Å². The molecule has 6 nitrogen and oxygen atoms in total. The van der Waals surface area contributed by atoms with E-state index in [1.165, 1.54) is 11.3 Å². The number of alkyl halides is 3. The summed E-state index contributed by atoms with van der Waals surface area (Å²) in [4.78, 5) is 18.6. The van der Waals surface area contributed by atoms with E-state index < -0.39 is 12.1 Å². The van der Waals surface area contributed by atoms with Gasteiger partial charge in [0.25, 0.3) is 0 Å². The highest BCUT2D eigenvalue weighted by molar-refractivity contribution is 7.10. The molecule has 3 heterocycles. The van der Waals surface area contributed by atoms with Gasteiger partial charge in [-0.2, -0.15) is 18.2 Å². The number of thiophene rings is 1. The molecule has 146 valence electrons. The SMILES string of the molecule is O=C(Nc1ccc(Cl)cc1)N1CCc2scc(-c3noc(C(F)(F)F)n3)c2C1. The quantitative estimate of drug-likeness (QED) is 0.619. The number of amides is 2. The maximum atomic E-state index is 12.7. The molecule has 0 spiro atoms. The summed E-state index contributed by atoms with van der Waals surface area (Å²) in [7, 11) is 0. The number of aromatic nitrogens is 2. The van der Waals surface area contributed by atoms with Gasteiger partial charge in [0.2, 0.25) is 5.82 Å². The van der Waals surface area contributed by atoms with E-state index in [4.69, 9.17) is 11.6 Å². The van der Waals surface area contributed by atoms with Crippen LogP contribution in [0.3, 0.4) is 0 Å². The van der Waals surface area contributed by atoms with Crippen LogP contribution in [-0.4, -0.2) is 27.6 Å². The lowest BCUT2D eigenvalue weighted by Gasteiger charge is -2.27. The van der Waals surface area contributed by atoms with Crippen molar-refractivity contribution in [3.05, 3.63) is 51.0 Å². The zero-order chi connectivity index (χ0) is 19.9. The van der Waals surface area contributed by atoms with Gasteiger partial charge >= 0.3 is 18.1 Å². The van der Waals surface area contributed by atoms with Gasteiger partial charge in [-0.25, -0.2) is 4.79 Å². The Balaban J connectivity index is 1.53. The zero-order valence-corrected chi connectivity index (χ0v) is 15.7. The van der Waals surface area contributed by atoms with Crippen LogP contribution in [0.5, 0.6) is 0 Å². The minimum atomic E-state index is -4.70. The van der Waals surface area contributed by atoms with Crippen molar-refractivity contribution < 1.29 is 22.5 Å². The molecule has 0 aliphatic carbocycles. The fraction of sp³-hybridized carbons (Fsp3) is 0.235. The fourth-order valence-electron chi connectivity index (χ4n) is 2.86. The molecule has 4 rings (SSSR count). The number of nitrogens with zero attached hydrogens (tertiary/aromatic N) is 3. The van der Waals surface area contributed by atoms with Crippen molar-refractivity contribution in [2.75, 3.05) is 11.9 Å². The minimum Gasteiger partial charge on any atom is -0.329 e. The summed E-state index contributed by atoms with van der Waals surface area (Å²) in [6, 6.07) is 6.38. The first-order valence-corrected chi connectivity index (χ1v) is 9.39. The van der Waals surface area contributed by atoms with E-state index in [0.29, 0.717) is 29.2 Å². The van der Waals surface area contributed by atoms with Crippen LogP contribution in [-0.2, 0) is 19.1 Å². The molecule has 2 aromatic heterocycles. The number of hydrogen-bond acceptors (Lipinski definition) is 5. The van der Waals surface area contributed by atoms with E-state index in [1.54, 1.807) is 34.5 Å². The van der Waals surface area contributed by atoms with E-state index in [-0.39, 0.29) is 18.4 Å². The number of halogens is 4. The van der Waals surface area contributed by atoms with Crippen LogP contribution in [0.2, 0.25) is 5.02 Å². The second kappa shape index (κ2) is 7.10. The van der Waals surface area contributed by atoms with Crippen LogP contribution in [0.4, 0.5) is 23.7 Å². The number of fused-ring (bicyclic) bond motifs is 1. The molecule has 0 atom stereocenters. The predicted molar refractivity (Wildman–Crippen MR) is 97.2 cm³/mol. The van der Waals surface area contributed by atoms with Crippen molar-refractivity contribution in [1.29, 1.82) is 0 Å². The molecule has 1 aliphatic heterocycles. The molecule has 28 heavy (non-hydrogen) atoms. The summed E-state index contributed by atoms with van der Waals surface area (Å²) in [5.74, 6) is -1.53. The smallest absolute Gasteiger partial charge is 0.329 e. The number of rotatable bonds is 2. The summed E-state index contributed by atoms with van der Waals surface area (Å²) < 4.78 is 42.5. The molecule has 0 fully saturated rings. The van der Waals surface area contributed by atoms with Crippen LogP contribution >= 0.6 is 22.9 Å². The summed E-state index contributed by atoms with van der Waals surface area (Å²) in [6.07, 6.45) is -4.11. The van der Waals surface area contributed by atoms with E-state index in [0.717, 1.165) is 10.4 Å². The number of carbonyl (C=O) groups is 1. The molecule has 0 bridgehead atoms. The van der Waals surface area contributed by atoms with Gasteiger partial charge in [-0.1, -0.05) is 16.8 Å². The molecule has 0 unspecified atom stereocenters. The van der Waals surface area contributed by atoms with Crippen molar-refractivity contribution in [1.82, 2.24) is 15.0 Å². The number of urea groups is 1. The average Bonchev–Trinajstić information content (AvgIpc) is 3.29. The van der Waals surface area contributed by atoms with Crippen LogP contribution in [0.15, 0.2) is 34.2 Å². The van der Waals surface area contributed by atoms with Gasteiger partial charge in [0.15, 0.2) is 0 Å². The lowest BCUT2D eigenvalue weighted by atomic mass is 10.0. The van der Waals surface area contributed by atoms with Crippen LogP contribution in [0, 0.1) is 0 Å². The summed E-state index contributed by atoms with van der Waals surface area (Å²) in [6.45, 7) is 0.732. The third-order valence-electron chi connectivity index (χ3n) is 4.23. The molecule has 2 amide bonds. The molecule has 0 radical (unpaired) electrons. The van der Waals surface area contributed by atoms with Crippen LogP contribution in [0.25, 0.3) is 11.4 Å². The van der Waals surface area contributed by atoms with E-state index >= 15 is 0 Å². The average molecular weight is 429 g/mol. The van der Waals surface area contributed by atoms with Gasteiger partial charge in [-0.15, -0.1) is 11.3 Å². The van der Waals surface area contributed by atoms with Gasteiger partial charge in [0, 0.05) is 39.6 Å². The second-order valence-electron chi connectivity index (χ2n) is 6.08. The Hall–Kier alpha value is -2.59. The number of nitrogens with one attached hydrogen (secondary N) is 1. The lowest BCUT2D eigenvalue weighted by Crippen LogP contribution is -2.38. The summed E-state index contributed by atoms with van der Waals surface area (Å²) in [5, 5.41) is 8.47. The molecular weight excluding hydrogens is 417 g/mol. The fourth-order valence-corrected chi connectivity index (χ4v) is 4.02. The zero-order valence-electron chi connectivity index (χ0n) is 14.1.